The van der Waals surface area contributed by atoms with Crippen molar-refractivity contribution >= 4 is 27.8 Å². The van der Waals surface area contributed by atoms with Gasteiger partial charge in [0.2, 0.25) is 0 Å². The molecule has 0 aromatic heterocycles. The maximum atomic E-state index is 2.48. The van der Waals surface area contributed by atoms with Gasteiger partial charge in [0, 0.05) is 22.4 Å². The van der Waals surface area contributed by atoms with Crippen LogP contribution in [-0.2, 0) is 5.41 Å². The van der Waals surface area contributed by atoms with E-state index in [1.165, 1.54) is 77.5 Å². The second-order valence-corrected chi connectivity index (χ2v) is 15.3. The molecule has 0 atom stereocenters. The van der Waals surface area contributed by atoms with E-state index < -0.39 is 0 Å². The van der Waals surface area contributed by atoms with Crippen molar-refractivity contribution in [2.24, 2.45) is 0 Å². The summed E-state index contributed by atoms with van der Waals surface area (Å²) in [5.41, 5.74) is 18.2. The quantitative estimate of drug-likeness (QED) is 0.159. The molecule has 9 aromatic carbocycles. The monoisotopic (exact) mass is 715 g/mol. The lowest BCUT2D eigenvalue weighted by molar-refractivity contribution is 0.660. The summed E-state index contributed by atoms with van der Waals surface area (Å²) in [6.07, 6.45) is 0. The Balaban J connectivity index is 1.25. The van der Waals surface area contributed by atoms with Crippen molar-refractivity contribution in [1.82, 2.24) is 0 Å². The Hall–Kier alpha value is -6.96. The van der Waals surface area contributed by atoms with Gasteiger partial charge < -0.3 is 4.90 Å². The summed E-state index contributed by atoms with van der Waals surface area (Å²) in [5, 5.41) is 2.48. The second kappa shape index (κ2) is 13.7. The van der Waals surface area contributed by atoms with Crippen LogP contribution < -0.4 is 4.90 Å². The molecule has 266 valence electrons. The van der Waals surface area contributed by atoms with E-state index in [4.69, 9.17) is 0 Å². The minimum Gasteiger partial charge on any atom is -0.310 e. The second-order valence-electron chi connectivity index (χ2n) is 15.3. The van der Waals surface area contributed by atoms with Crippen molar-refractivity contribution in [3.05, 3.63) is 223 Å². The predicted octanol–water partition coefficient (Wildman–Crippen LogP) is 15.3. The molecule has 1 aliphatic carbocycles. The lowest BCUT2D eigenvalue weighted by Gasteiger charge is -2.31. The fraction of sp³-hybridized carbons (Fsp3) is 0.0545. The highest BCUT2D eigenvalue weighted by Gasteiger charge is 2.36. The van der Waals surface area contributed by atoms with Gasteiger partial charge in [-0.3, -0.25) is 0 Å². The lowest BCUT2D eigenvalue weighted by atomic mass is 9.82. The number of anilines is 3. The smallest absolute Gasteiger partial charge is 0.0546 e. The molecule has 1 aliphatic rings. The van der Waals surface area contributed by atoms with Gasteiger partial charge in [-0.2, -0.15) is 0 Å². The third kappa shape index (κ3) is 5.63. The molecule has 1 heteroatoms. The normalized spacial score (nSPS) is 12.6. The number of rotatable bonds is 7. The number of nitrogens with zero attached hydrogens (tertiary/aromatic N) is 1. The number of benzene rings is 9. The molecular formula is C55H41N. The largest absolute Gasteiger partial charge is 0.310 e. The zero-order chi connectivity index (χ0) is 37.6. The van der Waals surface area contributed by atoms with Crippen LogP contribution in [0, 0.1) is 0 Å². The van der Waals surface area contributed by atoms with Crippen LogP contribution in [-0.4, -0.2) is 0 Å². The molecule has 0 spiro atoms. The van der Waals surface area contributed by atoms with Crippen LogP contribution in [0.15, 0.2) is 212 Å². The van der Waals surface area contributed by atoms with Gasteiger partial charge in [0.1, 0.15) is 0 Å². The van der Waals surface area contributed by atoms with Crippen LogP contribution in [0.25, 0.3) is 66.4 Å². The lowest BCUT2D eigenvalue weighted by Crippen LogP contribution is -2.17. The van der Waals surface area contributed by atoms with Gasteiger partial charge in [-0.25, -0.2) is 0 Å². The fourth-order valence-corrected chi connectivity index (χ4v) is 8.96. The first-order chi connectivity index (χ1) is 27.6. The Bertz CT molecular complexity index is 2860. The first-order valence-electron chi connectivity index (χ1n) is 19.5. The molecule has 9 aromatic rings. The van der Waals surface area contributed by atoms with E-state index in [-0.39, 0.29) is 5.41 Å². The summed E-state index contributed by atoms with van der Waals surface area (Å²) in [6.45, 7) is 4.73. The maximum Gasteiger partial charge on any atom is 0.0546 e. The predicted molar refractivity (Wildman–Crippen MR) is 238 cm³/mol. The number of fused-ring (bicyclic) bond motifs is 4. The zero-order valence-electron chi connectivity index (χ0n) is 31.7. The maximum absolute atomic E-state index is 2.48. The highest BCUT2D eigenvalue weighted by atomic mass is 15.1. The van der Waals surface area contributed by atoms with Crippen molar-refractivity contribution in [3.63, 3.8) is 0 Å². The molecule has 0 bridgehead atoms. The molecule has 0 unspecified atom stereocenters. The van der Waals surface area contributed by atoms with E-state index in [9.17, 15) is 0 Å². The standard InChI is InChI=1S/C55H41N/c1-55(2)51-29-14-13-25-48(51)49-36-35-43(37-52(49)55)56(42-33-31-39(32-34-42)38-17-5-3-6-18-38)53-30-16-27-45(41-19-7-4-8-20-41)54(53)50-26-12-11-24-47(50)46-28-15-22-40-21-9-10-23-44(40)46/h3-37H,1-2H3. The molecule has 1 nitrogen and oxygen atoms in total. The van der Waals surface area contributed by atoms with Gasteiger partial charge in [0.05, 0.1) is 5.69 Å². The molecule has 0 radical (unpaired) electrons. The molecule has 0 amide bonds. The molecule has 0 N–H and O–H groups in total. The Morgan fingerprint density at radius 1 is 0.339 bits per heavy atom. The van der Waals surface area contributed by atoms with Gasteiger partial charge in [-0.05, 0) is 102 Å². The molecule has 10 rings (SSSR count). The molecule has 0 aliphatic heterocycles. The highest BCUT2D eigenvalue weighted by molar-refractivity contribution is 6.06. The van der Waals surface area contributed by atoms with Gasteiger partial charge in [0.25, 0.3) is 0 Å². The van der Waals surface area contributed by atoms with Crippen LogP contribution >= 0.6 is 0 Å². The van der Waals surface area contributed by atoms with Crippen molar-refractivity contribution in [1.29, 1.82) is 0 Å². The van der Waals surface area contributed by atoms with Crippen molar-refractivity contribution in [2.75, 3.05) is 4.90 Å². The Labute approximate surface area is 329 Å². The third-order valence-corrected chi connectivity index (χ3v) is 11.7. The van der Waals surface area contributed by atoms with Crippen LogP contribution in [0.4, 0.5) is 17.1 Å². The number of hydrogen-bond acceptors (Lipinski definition) is 1. The van der Waals surface area contributed by atoms with E-state index in [0.29, 0.717) is 0 Å². The van der Waals surface area contributed by atoms with Crippen molar-refractivity contribution in [2.45, 2.75) is 19.3 Å². The summed E-state index contributed by atoms with van der Waals surface area (Å²) in [5.74, 6) is 0. The molecular weight excluding hydrogens is 675 g/mol. The summed E-state index contributed by atoms with van der Waals surface area (Å²) in [6, 6.07) is 77.7. The Morgan fingerprint density at radius 2 is 0.875 bits per heavy atom. The van der Waals surface area contributed by atoms with Crippen molar-refractivity contribution < 1.29 is 0 Å². The Kier molecular flexibility index (Phi) is 8.23. The Morgan fingerprint density at radius 3 is 1.66 bits per heavy atom. The molecule has 0 saturated carbocycles. The van der Waals surface area contributed by atoms with E-state index in [1.807, 2.05) is 0 Å². The number of hydrogen-bond donors (Lipinski definition) is 0. The van der Waals surface area contributed by atoms with Crippen LogP contribution in [0.2, 0.25) is 0 Å². The first kappa shape index (κ1) is 33.6. The fourth-order valence-electron chi connectivity index (χ4n) is 8.96. The molecule has 56 heavy (non-hydrogen) atoms. The van der Waals surface area contributed by atoms with E-state index in [2.05, 4.69) is 231 Å². The van der Waals surface area contributed by atoms with Crippen LogP contribution in [0.5, 0.6) is 0 Å². The van der Waals surface area contributed by atoms with Gasteiger partial charge in [-0.1, -0.05) is 196 Å². The summed E-state index contributed by atoms with van der Waals surface area (Å²) in [7, 11) is 0. The summed E-state index contributed by atoms with van der Waals surface area (Å²) < 4.78 is 0. The first-order valence-corrected chi connectivity index (χ1v) is 19.5. The molecule has 0 fully saturated rings. The van der Waals surface area contributed by atoms with E-state index in [0.717, 1.165) is 17.1 Å². The van der Waals surface area contributed by atoms with Gasteiger partial charge >= 0.3 is 0 Å². The SMILES string of the molecule is CC1(C)c2ccccc2-c2ccc(N(c3ccc(-c4ccccc4)cc3)c3cccc(-c4ccccc4)c3-c3ccccc3-c3cccc4ccccc34)cc21. The third-order valence-electron chi connectivity index (χ3n) is 11.7. The average Bonchev–Trinajstić information content (AvgIpc) is 3.49. The van der Waals surface area contributed by atoms with Crippen molar-refractivity contribution in [3.8, 4) is 55.6 Å². The zero-order valence-corrected chi connectivity index (χ0v) is 31.7. The van der Waals surface area contributed by atoms with E-state index in [1.54, 1.807) is 0 Å². The highest BCUT2D eigenvalue weighted by Crippen LogP contribution is 2.53. The topological polar surface area (TPSA) is 3.24 Å². The minimum atomic E-state index is -0.138. The summed E-state index contributed by atoms with van der Waals surface area (Å²) >= 11 is 0. The molecule has 0 heterocycles. The summed E-state index contributed by atoms with van der Waals surface area (Å²) in [4.78, 5) is 2.48. The van der Waals surface area contributed by atoms with E-state index >= 15 is 0 Å². The average molecular weight is 716 g/mol. The van der Waals surface area contributed by atoms with Gasteiger partial charge in [-0.15, -0.1) is 0 Å². The minimum absolute atomic E-state index is 0.138. The van der Waals surface area contributed by atoms with Gasteiger partial charge in [0.15, 0.2) is 0 Å². The van der Waals surface area contributed by atoms with Crippen LogP contribution in [0.1, 0.15) is 25.0 Å². The van der Waals surface area contributed by atoms with Crippen LogP contribution in [0.3, 0.4) is 0 Å². The molecule has 0 saturated heterocycles.